The van der Waals surface area contributed by atoms with Gasteiger partial charge in [-0.3, -0.25) is 9.59 Å². The van der Waals surface area contributed by atoms with Gasteiger partial charge in [0.25, 0.3) is 11.5 Å². The highest BCUT2D eigenvalue weighted by Gasteiger charge is 2.32. The lowest BCUT2D eigenvalue weighted by atomic mass is 9.92. The standard InChI is InChI=1S/C19H23N3O2/c1-21-17-5-3-2-4-15(17)16(10-18(21)23)19(24)22-8-6-13-11-20-12-14(13)7-9-22/h2-5,10,13-14,20H,6-9,11-12H2,1H3/t13-,14+. The molecule has 1 aromatic heterocycles. The van der Waals surface area contributed by atoms with Crippen LogP contribution in [0, 0.1) is 11.8 Å². The molecule has 1 amide bonds. The summed E-state index contributed by atoms with van der Waals surface area (Å²) in [7, 11) is 1.75. The van der Waals surface area contributed by atoms with Crippen LogP contribution in [0.2, 0.25) is 0 Å². The molecule has 2 aliphatic heterocycles. The fourth-order valence-electron chi connectivity index (χ4n) is 4.18. The van der Waals surface area contributed by atoms with Gasteiger partial charge in [-0.15, -0.1) is 0 Å². The fraction of sp³-hybridized carbons (Fsp3) is 0.474. The normalized spacial score (nSPS) is 24.0. The number of carbonyl (C=O) groups excluding carboxylic acids is 1. The van der Waals surface area contributed by atoms with Gasteiger partial charge in [-0.2, -0.15) is 0 Å². The van der Waals surface area contributed by atoms with Gasteiger partial charge in [0.05, 0.1) is 11.1 Å². The van der Waals surface area contributed by atoms with Crippen LogP contribution in [0.5, 0.6) is 0 Å². The van der Waals surface area contributed by atoms with Gasteiger partial charge in [0.15, 0.2) is 0 Å². The topological polar surface area (TPSA) is 54.3 Å². The predicted molar refractivity (Wildman–Crippen MR) is 94.2 cm³/mol. The minimum Gasteiger partial charge on any atom is -0.339 e. The average molecular weight is 325 g/mol. The summed E-state index contributed by atoms with van der Waals surface area (Å²) in [5, 5.41) is 4.32. The molecule has 3 heterocycles. The van der Waals surface area contributed by atoms with Crippen molar-refractivity contribution in [3.63, 3.8) is 0 Å². The Morgan fingerprint density at radius 3 is 2.50 bits per heavy atom. The maximum absolute atomic E-state index is 13.1. The first-order chi connectivity index (χ1) is 11.6. The number of fused-ring (bicyclic) bond motifs is 2. The van der Waals surface area contributed by atoms with Crippen molar-refractivity contribution in [2.24, 2.45) is 18.9 Å². The van der Waals surface area contributed by atoms with E-state index in [9.17, 15) is 9.59 Å². The van der Waals surface area contributed by atoms with Crippen molar-refractivity contribution < 1.29 is 4.79 Å². The second-order valence-corrected chi connectivity index (χ2v) is 7.02. The molecule has 126 valence electrons. The van der Waals surface area contributed by atoms with E-state index in [0.29, 0.717) is 17.4 Å². The fourth-order valence-corrected chi connectivity index (χ4v) is 4.18. The molecule has 2 atom stereocenters. The highest BCUT2D eigenvalue weighted by Crippen LogP contribution is 2.28. The Labute approximate surface area is 141 Å². The van der Waals surface area contributed by atoms with Crippen LogP contribution in [0.25, 0.3) is 10.9 Å². The van der Waals surface area contributed by atoms with E-state index in [2.05, 4.69) is 5.32 Å². The highest BCUT2D eigenvalue weighted by atomic mass is 16.2. The maximum atomic E-state index is 13.1. The van der Waals surface area contributed by atoms with Gasteiger partial charge in [0, 0.05) is 31.6 Å². The third-order valence-electron chi connectivity index (χ3n) is 5.69. The van der Waals surface area contributed by atoms with E-state index in [-0.39, 0.29) is 11.5 Å². The lowest BCUT2D eigenvalue weighted by molar-refractivity contribution is 0.0760. The molecule has 5 heteroatoms. The highest BCUT2D eigenvalue weighted by molar-refractivity contribution is 6.06. The van der Waals surface area contributed by atoms with E-state index >= 15 is 0 Å². The number of aryl methyl sites for hydroxylation is 1. The summed E-state index contributed by atoms with van der Waals surface area (Å²) >= 11 is 0. The van der Waals surface area contributed by atoms with E-state index in [0.717, 1.165) is 49.9 Å². The summed E-state index contributed by atoms with van der Waals surface area (Å²) in [6.45, 7) is 3.71. The number of rotatable bonds is 1. The molecule has 0 unspecified atom stereocenters. The van der Waals surface area contributed by atoms with Crippen LogP contribution in [0.3, 0.4) is 0 Å². The summed E-state index contributed by atoms with van der Waals surface area (Å²) in [6.07, 6.45) is 2.10. The molecule has 2 fully saturated rings. The van der Waals surface area contributed by atoms with Crippen LogP contribution in [-0.2, 0) is 7.05 Å². The SMILES string of the molecule is Cn1c(=O)cc(C(=O)N2CC[C@@H]3CNC[C@@H]3CC2)c2ccccc21. The van der Waals surface area contributed by atoms with Crippen LogP contribution in [0.4, 0.5) is 0 Å². The molecule has 0 radical (unpaired) electrons. The molecule has 2 aliphatic rings. The molecular formula is C19H23N3O2. The molecule has 1 aromatic carbocycles. The molecule has 5 nitrogen and oxygen atoms in total. The molecule has 24 heavy (non-hydrogen) atoms. The number of hydrogen-bond acceptors (Lipinski definition) is 3. The van der Waals surface area contributed by atoms with Crippen LogP contribution in [0.1, 0.15) is 23.2 Å². The number of benzene rings is 1. The van der Waals surface area contributed by atoms with Crippen LogP contribution < -0.4 is 10.9 Å². The molecule has 2 saturated heterocycles. The van der Waals surface area contributed by atoms with Gasteiger partial charge in [-0.25, -0.2) is 0 Å². The Morgan fingerprint density at radius 2 is 1.79 bits per heavy atom. The number of amides is 1. The zero-order valence-corrected chi connectivity index (χ0v) is 14.0. The summed E-state index contributed by atoms with van der Waals surface area (Å²) in [5.41, 5.74) is 1.22. The quantitative estimate of drug-likeness (QED) is 0.867. The first-order valence-electron chi connectivity index (χ1n) is 8.74. The van der Waals surface area contributed by atoms with Gasteiger partial charge in [0.1, 0.15) is 0 Å². The first-order valence-corrected chi connectivity index (χ1v) is 8.74. The van der Waals surface area contributed by atoms with E-state index < -0.39 is 0 Å². The number of hydrogen-bond donors (Lipinski definition) is 1. The largest absolute Gasteiger partial charge is 0.339 e. The lowest BCUT2D eigenvalue weighted by Crippen LogP contribution is -2.34. The number of pyridine rings is 1. The predicted octanol–water partition coefficient (Wildman–Crippen LogP) is 1.61. The van der Waals surface area contributed by atoms with Gasteiger partial charge >= 0.3 is 0 Å². The molecule has 0 bridgehead atoms. The van der Waals surface area contributed by atoms with E-state index in [1.54, 1.807) is 11.6 Å². The third-order valence-corrected chi connectivity index (χ3v) is 5.69. The second kappa shape index (κ2) is 6.06. The average Bonchev–Trinajstić information content (AvgIpc) is 2.96. The Morgan fingerprint density at radius 1 is 1.12 bits per heavy atom. The minimum absolute atomic E-state index is 0.00293. The van der Waals surface area contributed by atoms with Crippen molar-refractivity contribution in [3.05, 3.63) is 46.2 Å². The van der Waals surface area contributed by atoms with Crippen molar-refractivity contribution in [1.29, 1.82) is 0 Å². The minimum atomic E-state index is -0.132. The Bertz CT molecular complexity index is 828. The first kappa shape index (κ1) is 15.4. The molecule has 1 N–H and O–H groups in total. The van der Waals surface area contributed by atoms with Crippen LogP contribution in [-0.4, -0.2) is 41.6 Å². The van der Waals surface area contributed by atoms with Gasteiger partial charge in [0.2, 0.25) is 0 Å². The zero-order valence-electron chi connectivity index (χ0n) is 14.0. The smallest absolute Gasteiger partial charge is 0.254 e. The summed E-state index contributed by atoms with van der Waals surface area (Å²) in [4.78, 5) is 27.3. The monoisotopic (exact) mass is 325 g/mol. The van der Waals surface area contributed by atoms with Gasteiger partial charge in [-0.05, 0) is 43.8 Å². The second-order valence-electron chi connectivity index (χ2n) is 7.02. The van der Waals surface area contributed by atoms with Gasteiger partial charge in [-0.1, -0.05) is 18.2 Å². The van der Waals surface area contributed by atoms with E-state index in [4.69, 9.17) is 0 Å². The van der Waals surface area contributed by atoms with E-state index in [1.807, 2.05) is 29.2 Å². The molecule has 2 aromatic rings. The number of nitrogens with zero attached hydrogens (tertiary/aromatic N) is 2. The number of carbonyl (C=O) groups is 1. The number of aromatic nitrogens is 1. The summed E-state index contributed by atoms with van der Waals surface area (Å²) < 4.78 is 1.60. The van der Waals surface area contributed by atoms with Crippen molar-refractivity contribution in [1.82, 2.24) is 14.8 Å². The summed E-state index contributed by atoms with van der Waals surface area (Å²) in [5.74, 6) is 1.36. The van der Waals surface area contributed by atoms with Crippen LogP contribution >= 0.6 is 0 Å². The Hall–Kier alpha value is -2.14. The molecule has 0 aliphatic carbocycles. The molecule has 0 spiro atoms. The van der Waals surface area contributed by atoms with Crippen molar-refractivity contribution in [2.75, 3.05) is 26.2 Å². The Kier molecular flexibility index (Phi) is 3.88. The number of para-hydroxylation sites is 1. The lowest BCUT2D eigenvalue weighted by Gasteiger charge is -2.22. The van der Waals surface area contributed by atoms with Crippen LogP contribution in [0.15, 0.2) is 35.1 Å². The molecular weight excluding hydrogens is 302 g/mol. The van der Waals surface area contributed by atoms with Crippen molar-refractivity contribution >= 4 is 16.8 Å². The van der Waals surface area contributed by atoms with Crippen molar-refractivity contribution in [2.45, 2.75) is 12.8 Å². The molecule has 0 saturated carbocycles. The molecule has 4 rings (SSSR count). The number of nitrogens with one attached hydrogen (secondary N) is 1. The summed E-state index contributed by atoms with van der Waals surface area (Å²) in [6, 6.07) is 9.14. The van der Waals surface area contributed by atoms with Gasteiger partial charge < -0.3 is 14.8 Å². The maximum Gasteiger partial charge on any atom is 0.254 e. The third kappa shape index (κ3) is 2.53. The Balaban J connectivity index is 1.68. The zero-order chi connectivity index (χ0) is 16.7. The van der Waals surface area contributed by atoms with Crippen molar-refractivity contribution in [3.8, 4) is 0 Å². The van der Waals surface area contributed by atoms with E-state index in [1.165, 1.54) is 6.07 Å². The number of likely N-dealkylation sites (tertiary alicyclic amines) is 1.